The van der Waals surface area contributed by atoms with E-state index in [-0.39, 0.29) is 12.4 Å². The fraction of sp³-hybridized carbons (Fsp3) is 0.476. The molecule has 1 aliphatic carbocycles. The van der Waals surface area contributed by atoms with Crippen molar-refractivity contribution in [1.29, 1.82) is 0 Å². The predicted molar refractivity (Wildman–Crippen MR) is 114 cm³/mol. The van der Waals surface area contributed by atoms with Crippen LogP contribution in [0.4, 0.5) is 5.13 Å². The largest absolute Gasteiger partial charge is 0.483 e. The van der Waals surface area contributed by atoms with Gasteiger partial charge in [0.15, 0.2) is 5.13 Å². The van der Waals surface area contributed by atoms with Crippen LogP contribution >= 0.6 is 11.3 Å². The van der Waals surface area contributed by atoms with Gasteiger partial charge >= 0.3 is 0 Å². The van der Waals surface area contributed by atoms with Crippen molar-refractivity contribution in [3.8, 4) is 0 Å². The lowest BCUT2D eigenvalue weighted by atomic mass is 9.86. The van der Waals surface area contributed by atoms with Crippen molar-refractivity contribution in [2.24, 2.45) is 0 Å². The molecule has 2 heterocycles. The van der Waals surface area contributed by atoms with Gasteiger partial charge in [0.05, 0.1) is 0 Å². The highest BCUT2D eigenvalue weighted by molar-refractivity contribution is 7.13. The van der Waals surface area contributed by atoms with Crippen molar-refractivity contribution in [3.05, 3.63) is 47.5 Å². The molecular weight excluding hydrogens is 388 g/mol. The third-order valence-electron chi connectivity index (χ3n) is 5.39. The number of benzene rings is 1. The number of carbonyl (C=O) groups excluding carboxylic acids is 1. The van der Waals surface area contributed by atoms with Gasteiger partial charge in [-0.25, -0.2) is 4.98 Å². The summed E-state index contributed by atoms with van der Waals surface area (Å²) in [6, 6.07) is 11.0. The fourth-order valence-corrected chi connectivity index (χ4v) is 4.17. The van der Waals surface area contributed by atoms with Gasteiger partial charge in [0.1, 0.15) is 5.54 Å². The topological polar surface area (TPSA) is 94.6 Å². The number of carboxylic acid groups (broad SMARTS) is 1. The molecule has 1 saturated carbocycles. The minimum atomic E-state index is -0.524. The molecule has 0 radical (unpaired) electrons. The smallest absolute Gasteiger partial charge is 0.290 e. The van der Waals surface area contributed by atoms with E-state index in [2.05, 4.69) is 50.8 Å². The van der Waals surface area contributed by atoms with E-state index in [9.17, 15) is 4.79 Å². The first-order valence-electron chi connectivity index (χ1n) is 9.98. The molecule has 0 bridgehead atoms. The van der Waals surface area contributed by atoms with Crippen LogP contribution in [0, 0.1) is 0 Å². The molecule has 2 aromatic rings. The van der Waals surface area contributed by atoms with Crippen LogP contribution < -0.4 is 10.6 Å². The average Bonchev–Trinajstić information content (AvgIpc) is 3.41. The molecule has 1 aromatic heterocycles. The highest BCUT2D eigenvalue weighted by atomic mass is 32.1. The number of carbonyl (C=O) groups is 2. The fourth-order valence-electron chi connectivity index (χ4n) is 3.54. The summed E-state index contributed by atoms with van der Waals surface area (Å²) in [5, 5.41) is 16.4. The minimum Gasteiger partial charge on any atom is -0.483 e. The van der Waals surface area contributed by atoms with E-state index < -0.39 is 5.54 Å². The van der Waals surface area contributed by atoms with Crippen LogP contribution in [0.15, 0.2) is 41.9 Å². The number of nitrogens with zero attached hydrogens (tertiary/aromatic N) is 2. The van der Waals surface area contributed by atoms with Crippen LogP contribution in [-0.4, -0.2) is 58.6 Å². The summed E-state index contributed by atoms with van der Waals surface area (Å²) in [6.45, 7) is 2.66. The zero-order chi connectivity index (χ0) is 20.5. The third kappa shape index (κ3) is 6.27. The Morgan fingerprint density at radius 2 is 1.97 bits per heavy atom. The molecule has 7 nitrogen and oxygen atoms in total. The lowest BCUT2D eigenvalue weighted by molar-refractivity contribution is -0.127. The van der Waals surface area contributed by atoms with Gasteiger partial charge in [-0.15, -0.1) is 11.3 Å². The van der Waals surface area contributed by atoms with E-state index in [1.54, 1.807) is 17.5 Å². The van der Waals surface area contributed by atoms with Crippen LogP contribution in [0.2, 0.25) is 0 Å². The second-order valence-electron chi connectivity index (χ2n) is 7.47. The molecule has 8 heteroatoms. The molecule has 0 unspecified atom stereocenters. The molecule has 156 valence electrons. The van der Waals surface area contributed by atoms with Crippen LogP contribution in [0.1, 0.15) is 31.2 Å². The van der Waals surface area contributed by atoms with Gasteiger partial charge in [-0.3, -0.25) is 9.59 Å². The maximum absolute atomic E-state index is 13.0. The van der Waals surface area contributed by atoms with E-state index in [0.717, 1.165) is 56.9 Å². The number of hydrogen-bond donors (Lipinski definition) is 3. The zero-order valence-corrected chi connectivity index (χ0v) is 17.2. The molecule has 1 aromatic carbocycles. The number of likely N-dealkylation sites (tertiary alicyclic amines) is 1. The lowest BCUT2D eigenvalue weighted by Gasteiger charge is -2.41. The van der Waals surface area contributed by atoms with E-state index in [1.807, 2.05) is 5.38 Å². The van der Waals surface area contributed by atoms with Crippen molar-refractivity contribution < 1.29 is 14.7 Å². The summed E-state index contributed by atoms with van der Waals surface area (Å²) in [6.07, 6.45) is 6.71. The number of hydrogen-bond acceptors (Lipinski definition) is 6. The van der Waals surface area contributed by atoms with Gasteiger partial charge in [0.2, 0.25) is 5.91 Å². The van der Waals surface area contributed by atoms with Crippen LogP contribution in [0.5, 0.6) is 0 Å². The quantitative estimate of drug-likeness (QED) is 0.601. The highest BCUT2D eigenvalue weighted by Gasteiger charge is 2.43. The molecule has 1 amide bonds. The van der Waals surface area contributed by atoms with Gasteiger partial charge in [-0.2, -0.15) is 0 Å². The van der Waals surface area contributed by atoms with E-state index in [0.29, 0.717) is 6.04 Å². The van der Waals surface area contributed by atoms with E-state index >= 15 is 0 Å². The normalized spacial score (nSPS) is 18.2. The number of thiazole rings is 1. The van der Waals surface area contributed by atoms with E-state index in [1.165, 1.54) is 5.56 Å². The summed E-state index contributed by atoms with van der Waals surface area (Å²) < 4.78 is 0. The van der Waals surface area contributed by atoms with Crippen molar-refractivity contribution in [1.82, 2.24) is 15.2 Å². The van der Waals surface area contributed by atoms with Gasteiger partial charge in [0, 0.05) is 37.3 Å². The first-order valence-corrected chi connectivity index (χ1v) is 10.9. The highest BCUT2D eigenvalue weighted by Crippen LogP contribution is 2.30. The summed E-state index contributed by atoms with van der Waals surface area (Å²) in [7, 11) is 0. The predicted octanol–water partition coefficient (Wildman–Crippen LogP) is 2.61. The molecule has 2 fully saturated rings. The molecule has 0 atom stereocenters. The SMILES string of the molecule is O=C(NC1CC1)C1(Nc2nccs2)CCN(CCc2ccccc2)CC1.O=CO. The molecule has 29 heavy (non-hydrogen) atoms. The average molecular weight is 417 g/mol. The van der Waals surface area contributed by atoms with Crippen molar-refractivity contribution in [3.63, 3.8) is 0 Å². The summed E-state index contributed by atoms with van der Waals surface area (Å²) in [5.74, 6) is 0.151. The van der Waals surface area contributed by atoms with Crippen molar-refractivity contribution in [2.75, 3.05) is 25.0 Å². The number of amides is 1. The van der Waals surface area contributed by atoms with Crippen LogP contribution in [-0.2, 0) is 16.0 Å². The Balaban J connectivity index is 0.000000755. The first kappa shape index (κ1) is 21.3. The third-order valence-corrected chi connectivity index (χ3v) is 6.08. The Hall–Kier alpha value is -2.45. The number of rotatable bonds is 7. The number of nitrogens with one attached hydrogen (secondary N) is 2. The monoisotopic (exact) mass is 416 g/mol. The zero-order valence-electron chi connectivity index (χ0n) is 16.4. The lowest BCUT2D eigenvalue weighted by Crippen LogP contribution is -2.58. The molecule has 2 aliphatic rings. The standard InChI is InChI=1S/C20H26N4OS.CH2O2/c25-18(22-17-6-7-17)20(23-19-21-11-15-26-19)9-13-24(14-10-20)12-8-16-4-2-1-3-5-16;2-1-3/h1-5,11,15,17H,6-10,12-14H2,(H,21,23)(H,22,25);1H,(H,2,3). The molecule has 1 saturated heterocycles. The van der Waals surface area contributed by atoms with Gasteiger partial charge in [-0.1, -0.05) is 30.3 Å². The maximum Gasteiger partial charge on any atom is 0.290 e. The van der Waals surface area contributed by atoms with Crippen LogP contribution in [0.25, 0.3) is 0 Å². The maximum atomic E-state index is 13.0. The second kappa shape index (κ2) is 10.4. The Bertz CT molecular complexity index is 757. The van der Waals surface area contributed by atoms with Gasteiger partial charge in [-0.05, 0) is 37.7 Å². The van der Waals surface area contributed by atoms with Crippen LogP contribution in [0.3, 0.4) is 0 Å². The molecule has 0 spiro atoms. The second-order valence-corrected chi connectivity index (χ2v) is 8.37. The Morgan fingerprint density at radius 3 is 2.55 bits per heavy atom. The molecule has 4 rings (SSSR count). The molecular formula is C21H28N4O3S. The summed E-state index contributed by atoms with van der Waals surface area (Å²) in [4.78, 5) is 28.1. The number of aromatic nitrogens is 1. The van der Waals surface area contributed by atoms with E-state index in [4.69, 9.17) is 9.90 Å². The summed E-state index contributed by atoms with van der Waals surface area (Å²) in [5.41, 5.74) is 0.848. The minimum absolute atomic E-state index is 0.151. The van der Waals surface area contributed by atoms with Crippen molar-refractivity contribution >= 4 is 28.8 Å². The van der Waals surface area contributed by atoms with Gasteiger partial charge in [0.25, 0.3) is 6.47 Å². The summed E-state index contributed by atoms with van der Waals surface area (Å²) >= 11 is 1.56. The number of piperidine rings is 1. The first-order chi connectivity index (χ1) is 14.1. The van der Waals surface area contributed by atoms with Crippen molar-refractivity contribution in [2.45, 2.75) is 43.7 Å². The van der Waals surface area contributed by atoms with Gasteiger partial charge < -0.3 is 20.6 Å². The molecule has 3 N–H and O–H groups in total. The Kier molecular flexibility index (Phi) is 7.60. The molecule has 1 aliphatic heterocycles. The Labute approximate surface area is 175 Å². The number of anilines is 1. The Morgan fingerprint density at radius 1 is 1.28 bits per heavy atom.